The number of rotatable bonds is 4. The molecule has 134 valence electrons. The summed E-state index contributed by atoms with van der Waals surface area (Å²) in [7, 11) is 0. The van der Waals surface area contributed by atoms with E-state index in [4.69, 9.17) is 0 Å². The monoisotopic (exact) mass is 322 g/mol. The van der Waals surface area contributed by atoms with E-state index in [1.54, 1.807) is 0 Å². The van der Waals surface area contributed by atoms with E-state index in [2.05, 4.69) is 40.4 Å². The maximum atomic E-state index is 2.80. The van der Waals surface area contributed by atoms with Gasteiger partial charge < -0.3 is 9.80 Å². The maximum absolute atomic E-state index is 2.80. The summed E-state index contributed by atoms with van der Waals surface area (Å²) in [6.07, 6.45) is 5.54. The predicted octanol–water partition coefficient (Wildman–Crippen LogP) is 1.96. The Morgan fingerprint density at radius 3 is 1.52 bits per heavy atom. The van der Waals surface area contributed by atoms with Gasteiger partial charge in [-0.2, -0.15) is 0 Å². The van der Waals surface area contributed by atoms with Crippen molar-refractivity contribution in [2.24, 2.45) is 0 Å². The van der Waals surface area contributed by atoms with Crippen molar-refractivity contribution in [2.75, 3.05) is 58.9 Å². The Morgan fingerprint density at radius 2 is 1.13 bits per heavy atom. The second-order valence-corrected chi connectivity index (χ2v) is 8.10. The van der Waals surface area contributed by atoms with Crippen LogP contribution in [0.4, 0.5) is 0 Å². The van der Waals surface area contributed by atoms with Crippen LogP contribution in [0.15, 0.2) is 0 Å². The Bertz CT molecular complexity index is 335. The molecule has 3 saturated heterocycles. The largest absolute Gasteiger partial charge is 0.303 e. The van der Waals surface area contributed by atoms with Gasteiger partial charge in [0.25, 0.3) is 0 Å². The summed E-state index contributed by atoms with van der Waals surface area (Å²) in [6.45, 7) is 18.7. The molecule has 3 fully saturated rings. The van der Waals surface area contributed by atoms with Gasteiger partial charge in [-0.1, -0.05) is 6.92 Å². The number of piperazine rings is 1. The van der Waals surface area contributed by atoms with E-state index in [1.165, 1.54) is 84.6 Å². The van der Waals surface area contributed by atoms with E-state index in [9.17, 15) is 0 Å². The highest BCUT2D eigenvalue weighted by atomic mass is 15.3. The third-order valence-corrected chi connectivity index (χ3v) is 6.62. The molecule has 0 aromatic heterocycles. The predicted molar refractivity (Wildman–Crippen MR) is 98.0 cm³/mol. The van der Waals surface area contributed by atoms with E-state index in [0.717, 1.165) is 18.1 Å². The number of hydrogen-bond donors (Lipinski definition) is 0. The van der Waals surface area contributed by atoms with Crippen LogP contribution in [0.1, 0.15) is 46.5 Å². The zero-order valence-corrected chi connectivity index (χ0v) is 15.7. The SMILES string of the molecule is CCN1CCC(N2CCN(C3CCN(C(C)C)CC3)CC2)CC1. The van der Waals surface area contributed by atoms with Gasteiger partial charge in [0.2, 0.25) is 0 Å². The van der Waals surface area contributed by atoms with Crippen LogP contribution in [0.2, 0.25) is 0 Å². The van der Waals surface area contributed by atoms with Gasteiger partial charge in [-0.15, -0.1) is 0 Å². The first-order chi connectivity index (χ1) is 11.2. The summed E-state index contributed by atoms with van der Waals surface area (Å²) in [5.41, 5.74) is 0. The highest BCUT2D eigenvalue weighted by Crippen LogP contribution is 2.22. The minimum Gasteiger partial charge on any atom is -0.303 e. The lowest BCUT2D eigenvalue weighted by Gasteiger charge is -2.46. The molecule has 0 saturated carbocycles. The molecule has 3 rings (SSSR count). The van der Waals surface area contributed by atoms with E-state index < -0.39 is 0 Å². The number of likely N-dealkylation sites (tertiary alicyclic amines) is 2. The van der Waals surface area contributed by atoms with Crippen LogP contribution in [0.3, 0.4) is 0 Å². The number of nitrogens with zero attached hydrogens (tertiary/aromatic N) is 4. The molecule has 0 amide bonds. The smallest absolute Gasteiger partial charge is 0.0121 e. The van der Waals surface area contributed by atoms with Gasteiger partial charge in [-0.3, -0.25) is 9.80 Å². The van der Waals surface area contributed by atoms with Crippen LogP contribution >= 0.6 is 0 Å². The first-order valence-electron chi connectivity index (χ1n) is 10.1. The van der Waals surface area contributed by atoms with Crippen LogP contribution in [-0.2, 0) is 0 Å². The fraction of sp³-hybridized carbons (Fsp3) is 1.00. The minimum absolute atomic E-state index is 0.724. The molecule has 0 bridgehead atoms. The second kappa shape index (κ2) is 8.28. The summed E-state index contributed by atoms with van der Waals surface area (Å²) < 4.78 is 0. The normalized spacial score (nSPS) is 28.7. The lowest BCUT2D eigenvalue weighted by Crippen LogP contribution is -2.56. The molecule has 0 unspecified atom stereocenters. The Labute approximate surface area is 143 Å². The van der Waals surface area contributed by atoms with Gasteiger partial charge in [0.15, 0.2) is 0 Å². The van der Waals surface area contributed by atoms with Gasteiger partial charge in [0.05, 0.1) is 0 Å². The summed E-state index contributed by atoms with van der Waals surface area (Å²) >= 11 is 0. The van der Waals surface area contributed by atoms with Crippen LogP contribution < -0.4 is 0 Å². The third kappa shape index (κ3) is 4.47. The lowest BCUT2D eigenvalue weighted by atomic mass is 9.99. The Hall–Kier alpha value is -0.160. The van der Waals surface area contributed by atoms with Crippen LogP contribution in [0.5, 0.6) is 0 Å². The molecule has 0 aromatic rings. The highest BCUT2D eigenvalue weighted by molar-refractivity contribution is 4.87. The Balaban J connectivity index is 1.39. The maximum Gasteiger partial charge on any atom is 0.0121 e. The fourth-order valence-electron chi connectivity index (χ4n) is 4.84. The van der Waals surface area contributed by atoms with Gasteiger partial charge >= 0.3 is 0 Å². The molecule has 23 heavy (non-hydrogen) atoms. The lowest BCUT2D eigenvalue weighted by molar-refractivity contribution is 0.0231. The molecule has 3 heterocycles. The molecule has 3 aliphatic rings. The van der Waals surface area contributed by atoms with Crippen molar-refractivity contribution in [3.05, 3.63) is 0 Å². The van der Waals surface area contributed by atoms with Gasteiger partial charge in [0, 0.05) is 44.3 Å². The summed E-state index contributed by atoms with van der Waals surface area (Å²) in [5.74, 6) is 0. The van der Waals surface area contributed by atoms with Crippen LogP contribution in [0, 0.1) is 0 Å². The Morgan fingerprint density at radius 1 is 0.696 bits per heavy atom. The quantitative estimate of drug-likeness (QED) is 0.784. The van der Waals surface area contributed by atoms with Crippen molar-refractivity contribution in [1.82, 2.24) is 19.6 Å². The van der Waals surface area contributed by atoms with Crippen LogP contribution in [-0.4, -0.2) is 96.6 Å². The van der Waals surface area contributed by atoms with Crippen LogP contribution in [0.25, 0.3) is 0 Å². The van der Waals surface area contributed by atoms with Crippen molar-refractivity contribution < 1.29 is 0 Å². The molecule has 0 aromatic carbocycles. The molecule has 0 spiro atoms. The van der Waals surface area contributed by atoms with Crippen molar-refractivity contribution in [2.45, 2.75) is 64.6 Å². The molecule has 0 atom stereocenters. The molecule has 0 N–H and O–H groups in total. The van der Waals surface area contributed by atoms with Crippen molar-refractivity contribution in [3.63, 3.8) is 0 Å². The van der Waals surface area contributed by atoms with E-state index in [0.29, 0.717) is 0 Å². The molecule has 0 aliphatic carbocycles. The fourth-order valence-corrected chi connectivity index (χ4v) is 4.84. The summed E-state index contributed by atoms with van der Waals surface area (Å²) in [4.78, 5) is 10.9. The average Bonchev–Trinajstić information content (AvgIpc) is 2.62. The van der Waals surface area contributed by atoms with Crippen molar-refractivity contribution in [3.8, 4) is 0 Å². The molecule has 4 nitrogen and oxygen atoms in total. The number of piperidine rings is 2. The topological polar surface area (TPSA) is 13.0 Å². The van der Waals surface area contributed by atoms with E-state index >= 15 is 0 Å². The molecule has 4 heteroatoms. The van der Waals surface area contributed by atoms with Gasteiger partial charge in [-0.05, 0) is 72.3 Å². The van der Waals surface area contributed by atoms with E-state index in [1.807, 2.05) is 0 Å². The third-order valence-electron chi connectivity index (χ3n) is 6.62. The minimum atomic E-state index is 0.724. The summed E-state index contributed by atoms with van der Waals surface area (Å²) in [6, 6.07) is 2.44. The zero-order chi connectivity index (χ0) is 16.2. The molecule has 0 radical (unpaired) electrons. The number of hydrogen-bond acceptors (Lipinski definition) is 4. The Kier molecular flexibility index (Phi) is 6.36. The van der Waals surface area contributed by atoms with Gasteiger partial charge in [-0.25, -0.2) is 0 Å². The van der Waals surface area contributed by atoms with E-state index in [-0.39, 0.29) is 0 Å². The first-order valence-corrected chi connectivity index (χ1v) is 10.1. The summed E-state index contributed by atoms with van der Waals surface area (Å²) in [5, 5.41) is 0. The van der Waals surface area contributed by atoms with Gasteiger partial charge in [0.1, 0.15) is 0 Å². The molecular weight excluding hydrogens is 284 g/mol. The molecule has 3 aliphatic heterocycles. The highest BCUT2D eigenvalue weighted by Gasteiger charge is 2.31. The standard InChI is InChI=1S/C19H38N4/c1-4-20-9-5-18(6-10-20)22-13-15-23(16-14-22)19-7-11-21(12-8-19)17(2)3/h17-19H,4-16H2,1-3H3. The zero-order valence-electron chi connectivity index (χ0n) is 15.7. The average molecular weight is 323 g/mol. The van der Waals surface area contributed by atoms with Crippen molar-refractivity contribution >= 4 is 0 Å². The van der Waals surface area contributed by atoms with Crippen molar-refractivity contribution in [1.29, 1.82) is 0 Å². The first kappa shape index (κ1) is 17.7. The second-order valence-electron chi connectivity index (χ2n) is 8.10. The molecular formula is C19H38N4.